The van der Waals surface area contributed by atoms with Crippen LogP contribution in [0, 0.1) is 5.92 Å². The first-order valence-corrected chi connectivity index (χ1v) is 10.9. The Hall–Kier alpha value is -1.80. The molecular weight excluding hydrogens is 330 g/mol. The Bertz CT molecular complexity index is 720. The minimum Gasteiger partial charge on any atom is -0.508 e. The summed E-state index contributed by atoms with van der Waals surface area (Å²) in [6, 6.07) is 17.5. The lowest BCUT2D eigenvalue weighted by molar-refractivity contribution is 0.297. The standard InChI is InChI=1S/C25H33NO/c27-22-13-15-23-21(17-22)12-16-25(26-18-20-9-5-2-6-10-20)24(23)14-11-19-7-3-1-4-8-19/h1,3-4,7-8,13,15,17,20,24-27H,2,5-6,9-12,14,16,18H2. The molecule has 0 spiro atoms. The summed E-state index contributed by atoms with van der Waals surface area (Å²) in [4.78, 5) is 0. The predicted octanol–water partition coefficient (Wildman–Crippen LogP) is 5.59. The maximum Gasteiger partial charge on any atom is 0.115 e. The zero-order valence-electron chi connectivity index (χ0n) is 16.4. The van der Waals surface area contributed by atoms with E-state index in [2.05, 4.69) is 41.7 Å². The largest absolute Gasteiger partial charge is 0.508 e. The minimum absolute atomic E-state index is 0.407. The van der Waals surface area contributed by atoms with Gasteiger partial charge in [0.05, 0.1) is 0 Å². The van der Waals surface area contributed by atoms with E-state index in [9.17, 15) is 5.11 Å². The molecule has 0 aliphatic heterocycles. The van der Waals surface area contributed by atoms with Crippen molar-refractivity contribution in [1.82, 2.24) is 5.32 Å². The van der Waals surface area contributed by atoms with Crippen molar-refractivity contribution in [1.29, 1.82) is 0 Å². The fourth-order valence-corrected chi connectivity index (χ4v) is 5.18. The molecule has 2 N–H and O–H groups in total. The molecule has 0 bridgehead atoms. The molecule has 144 valence electrons. The van der Waals surface area contributed by atoms with Crippen LogP contribution >= 0.6 is 0 Å². The molecule has 4 rings (SSSR count). The molecule has 2 aliphatic rings. The van der Waals surface area contributed by atoms with Gasteiger partial charge in [-0.1, -0.05) is 55.7 Å². The molecular formula is C25H33NO. The third-order valence-electron chi connectivity index (χ3n) is 6.72. The summed E-state index contributed by atoms with van der Waals surface area (Å²) in [7, 11) is 0. The lowest BCUT2D eigenvalue weighted by Crippen LogP contribution is -2.41. The van der Waals surface area contributed by atoms with Gasteiger partial charge < -0.3 is 10.4 Å². The normalized spacial score (nSPS) is 23.1. The van der Waals surface area contributed by atoms with E-state index < -0.39 is 0 Å². The third-order valence-corrected chi connectivity index (χ3v) is 6.72. The topological polar surface area (TPSA) is 32.3 Å². The van der Waals surface area contributed by atoms with Gasteiger partial charge in [-0.2, -0.15) is 0 Å². The molecule has 0 aromatic heterocycles. The lowest BCUT2D eigenvalue weighted by atomic mass is 9.76. The number of fused-ring (bicyclic) bond motifs is 1. The van der Waals surface area contributed by atoms with Gasteiger partial charge in [-0.25, -0.2) is 0 Å². The molecule has 0 radical (unpaired) electrons. The van der Waals surface area contributed by atoms with Crippen LogP contribution in [-0.4, -0.2) is 17.7 Å². The van der Waals surface area contributed by atoms with E-state index in [0.29, 0.717) is 17.7 Å². The van der Waals surface area contributed by atoms with Gasteiger partial charge in [-0.05, 0) is 85.7 Å². The number of rotatable bonds is 6. The van der Waals surface area contributed by atoms with Gasteiger partial charge in [-0.15, -0.1) is 0 Å². The van der Waals surface area contributed by atoms with Crippen molar-refractivity contribution in [3.05, 3.63) is 65.2 Å². The van der Waals surface area contributed by atoms with E-state index in [0.717, 1.165) is 18.8 Å². The highest BCUT2D eigenvalue weighted by Gasteiger charge is 2.30. The number of phenols is 1. The number of aryl methyl sites for hydroxylation is 2. The Balaban J connectivity index is 1.47. The fraction of sp³-hybridized carbons (Fsp3) is 0.520. The summed E-state index contributed by atoms with van der Waals surface area (Å²) in [6.45, 7) is 1.18. The second kappa shape index (κ2) is 8.93. The smallest absolute Gasteiger partial charge is 0.115 e. The number of nitrogens with one attached hydrogen (secondary N) is 1. The van der Waals surface area contributed by atoms with Gasteiger partial charge >= 0.3 is 0 Å². The van der Waals surface area contributed by atoms with Crippen molar-refractivity contribution in [2.45, 2.75) is 69.7 Å². The summed E-state index contributed by atoms with van der Waals surface area (Å²) in [5.74, 6) is 1.82. The molecule has 2 aromatic carbocycles. The molecule has 0 amide bonds. The number of hydrogen-bond acceptors (Lipinski definition) is 2. The van der Waals surface area contributed by atoms with Crippen molar-refractivity contribution >= 4 is 0 Å². The van der Waals surface area contributed by atoms with Gasteiger partial charge in [0.1, 0.15) is 5.75 Å². The van der Waals surface area contributed by atoms with Crippen LogP contribution < -0.4 is 5.32 Å². The molecule has 1 saturated carbocycles. The number of hydrogen-bond donors (Lipinski definition) is 2. The molecule has 2 nitrogen and oxygen atoms in total. The van der Waals surface area contributed by atoms with Crippen LogP contribution in [0.4, 0.5) is 0 Å². The summed E-state index contributed by atoms with van der Waals surface area (Å²) in [6.07, 6.45) is 11.6. The molecule has 0 heterocycles. The van der Waals surface area contributed by atoms with Crippen LogP contribution in [-0.2, 0) is 12.8 Å². The van der Waals surface area contributed by atoms with Gasteiger partial charge in [0, 0.05) is 6.04 Å². The monoisotopic (exact) mass is 363 g/mol. The van der Waals surface area contributed by atoms with Crippen LogP contribution in [0.15, 0.2) is 48.5 Å². The Labute approximate surface area is 164 Å². The highest BCUT2D eigenvalue weighted by molar-refractivity contribution is 5.40. The van der Waals surface area contributed by atoms with Crippen molar-refractivity contribution in [3.8, 4) is 5.75 Å². The van der Waals surface area contributed by atoms with Crippen LogP contribution in [0.1, 0.15) is 67.6 Å². The molecule has 1 fully saturated rings. The van der Waals surface area contributed by atoms with E-state index in [-0.39, 0.29) is 0 Å². The average Bonchev–Trinajstić information content (AvgIpc) is 2.72. The summed E-state index contributed by atoms with van der Waals surface area (Å²) in [5, 5.41) is 13.9. The summed E-state index contributed by atoms with van der Waals surface area (Å²) < 4.78 is 0. The molecule has 2 atom stereocenters. The van der Waals surface area contributed by atoms with Crippen molar-refractivity contribution < 1.29 is 5.11 Å². The van der Waals surface area contributed by atoms with Gasteiger partial charge in [0.25, 0.3) is 0 Å². The van der Waals surface area contributed by atoms with Crippen LogP contribution in [0.3, 0.4) is 0 Å². The predicted molar refractivity (Wildman–Crippen MR) is 112 cm³/mol. The highest BCUT2D eigenvalue weighted by Crippen LogP contribution is 2.37. The molecule has 2 aliphatic carbocycles. The van der Waals surface area contributed by atoms with E-state index in [1.165, 1.54) is 68.2 Å². The van der Waals surface area contributed by atoms with E-state index in [1.807, 2.05) is 12.1 Å². The third kappa shape index (κ3) is 4.73. The minimum atomic E-state index is 0.407. The van der Waals surface area contributed by atoms with Crippen molar-refractivity contribution in [2.75, 3.05) is 6.54 Å². The first-order chi connectivity index (χ1) is 13.3. The Morgan fingerprint density at radius 3 is 2.56 bits per heavy atom. The zero-order valence-corrected chi connectivity index (χ0v) is 16.4. The Kier molecular flexibility index (Phi) is 6.14. The van der Waals surface area contributed by atoms with E-state index in [1.54, 1.807) is 0 Å². The second-order valence-corrected chi connectivity index (χ2v) is 8.57. The number of benzene rings is 2. The average molecular weight is 364 g/mol. The first-order valence-electron chi connectivity index (χ1n) is 10.9. The Morgan fingerprint density at radius 2 is 1.74 bits per heavy atom. The Morgan fingerprint density at radius 1 is 0.926 bits per heavy atom. The summed E-state index contributed by atoms with van der Waals surface area (Å²) >= 11 is 0. The number of aromatic hydroxyl groups is 1. The fourth-order valence-electron chi connectivity index (χ4n) is 5.18. The first kappa shape index (κ1) is 18.6. The van der Waals surface area contributed by atoms with Gasteiger partial charge in [0.15, 0.2) is 0 Å². The van der Waals surface area contributed by atoms with Crippen LogP contribution in [0.25, 0.3) is 0 Å². The zero-order chi connectivity index (χ0) is 18.5. The molecule has 0 saturated heterocycles. The van der Waals surface area contributed by atoms with E-state index in [4.69, 9.17) is 0 Å². The molecule has 27 heavy (non-hydrogen) atoms. The molecule has 2 aromatic rings. The van der Waals surface area contributed by atoms with Crippen LogP contribution in [0.2, 0.25) is 0 Å². The van der Waals surface area contributed by atoms with E-state index >= 15 is 0 Å². The highest BCUT2D eigenvalue weighted by atomic mass is 16.3. The van der Waals surface area contributed by atoms with Crippen molar-refractivity contribution in [3.63, 3.8) is 0 Å². The van der Waals surface area contributed by atoms with Gasteiger partial charge in [0.2, 0.25) is 0 Å². The van der Waals surface area contributed by atoms with Gasteiger partial charge in [-0.3, -0.25) is 0 Å². The quantitative estimate of drug-likeness (QED) is 0.701. The number of phenolic OH excluding ortho intramolecular Hbond substituents is 1. The second-order valence-electron chi connectivity index (χ2n) is 8.57. The summed E-state index contributed by atoms with van der Waals surface area (Å²) in [5.41, 5.74) is 4.23. The maximum atomic E-state index is 9.91. The van der Waals surface area contributed by atoms with Crippen molar-refractivity contribution in [2.24, 2.45) is 5.92 Å². The lowest BCUT2D eigenvalue weighted by Gasteiger charge is -2.36. The SMILES string of the molecule is Oc1ccc2c(c1)CCC(NCC1CCCCC1)C2CCc1ccccc1. The maximum absolute atomic E-state index is 9.91. The molecule has 2 unspecified atom stereocenters. The van der Waals surface area contributed by atoms with Crippen LogP contribution in [0.5, 0.6) is 5.75 Å². The molecule has 2 heteroatoms.